The van der Waals surface area contributed by atoms with Crippen molar-refractivity contribution in [1.82, 2.24) is 5.32 Å². The maximum atomic E-state index is 11.8. The Kier molecular flexibility index (Phi) is 8.34. The number of ether oxygens (including phenoxy) is 3. The average Bonchev–Trinajstić information content (AvgIpc) is 2.57. The van der Waals surface area contributed by atoms with E-state index in [0.717, 1.165) is 19.3 Å². The van der Waals surface area contributed by atoms with Crippen molar-refractivity contribution >= 4 is 17.7 Å². The van der Waals surface area contributed by atoms with Crippen LogP contribution in [-0.2, 0) is 9.53 Å². The third kappa shape index (κ3) is 6.90. The molecule has 0 aromatic heterocycles. The first kappa shape index (κ1) is 18.6. The summed E-state index contributed by atoms with van der Waals surface area (Å²) in [6.45, 7) is 0.533. The van der Waals surface area contributed by atoms with Crippen molar-refractivity contribution in [2.75, 3.05) is 33.2 Å². The number of carbonyl (C=O) groups is 2. The topological polar surface area (TPSA) is 85.9 Å². The van der Waals surface area contributed by atoms with Crippen LogP contribution in [0.3, 0.4) is 0 Å². The lowest BCUT2D eigenvalue weighted by molar-refractivity contribution is -0.140. The van der Waals surface area contributed by atoms with Gasteiger partial charge in [0.15, 0.2) is 0 Å². The highest BCUT2D eigenvalue weighted by Gasteiger charge is 2.08. The van der Waals surface area contributed by atoms with Crippen LogP contribution in [0.4, 0.5) is 10.5 Å². The van der Waals surface area contributed by atoms with Gasteiger partial charge in [0.05, 0.1) is 27.0 Å². The first-order valence-corrected chi connectivity index (χ1v) is 7.44. The van der Waals surface area contributed by atoms with Gasteiger partial charge in [-0.05, 0) is 25.0 Å². The van der Waals surface area contributed by atoms with Crippen LogP contribution in [0.15, 0.2) is 18.2 Å². The molecule has 0 radical (unpaired) electrons. The van der Waals surface area contributed by atoms with Gasteiger partial charge in [-0.3, -0.25) is 4.79 Å². The number of nitrogens with one attached hydrogen (secondary N) is 2. The zero-order valence-electron chi connectivity index (χ0n) is 13.8. The van der Waals surface area contributed by atoms with Crippen LogP contribution < -0.4 is 20.1 Å². The fourth-order valence-corrected chi connectivity index (χ4v) is 1.94. The maximum absolute atomic E-state index is 11.8. The van der Waals surface area contributed by atoms with Crippen molar-refractivity contribution in [3.05, 3.63) is 18.2 Å². The maximum Gasteiger partial charge on any atom is 0.319 e. The Labute approximate surface area is 136 Å². The Morgan fingerprint density at radius 3 is 2.48 bits per heavy atom. The minimum atomic E-state index is -0.304. The Balaban J connectivity index is 2.30. The van der Waals surface area contributed by atoms with E-state index in [9.17, 15) is 9.59 Å². The van der Waals surface area contributed by atoms with E-state index in [2.05, 4.69) is 15.4 Å². The first-order valence-electron chi connectivity index (χ1n) is 7.44. The van der Waals surface area contributed by atoms with E-state index in [4.69, 9.17) is 9.47 Å². The van der Waals surface area contributed by atoms with Crippen molar-refractivity contribution in [1.29, 1.82) is 0 Å². The number of urea groups is 1. The molecule has 0 heterocycles. The number of hydrogen-bond donors (Lipinski definition) is 2. The van der Waals surface area contributed by atoms with E-state index in [1.165, 1.54) is 14.2 Å². The van der Waals surface area contributed by atoms with Crippen molar-refractivity contribution in [3.63, 3.8) is 0 Å². The molecule has 2 amide bonds. The molecule has 7 nitrogen and oxygen atoms in total. The lowest BCUT2D eigenvalue weighted by Gasteiger charge is -2.12. The van der Waals surface area contributed by atoms with Crippen molar-refractivity contribution < 1.29 is 23.8 Å². The van der Waals surface area contributed by atoms with Crippen LogP contribution in [0.25, 0.3) is 0 Å². The van der Waals surface area contributed by atoms with E-state index in [1.54, 1.807) is 25.3 Å². The van der Waals surface area contributed by atoms with Gasteiger partial charge in [0.2, 0.25) is 0 Å². The molecule has 0 aliphatic heterocycles. The lowest BCUT2D eigenvalue weighted by atomic mass is 10.2. The summed E-state index contributed by atoms with van der Waals surface area (Å²) in [4.78, 5) is 22.8. The number of benzene rings is 1. The molecule has 0 saturated heterocycles. The molecule has 0 spiro atoms. The molecule has 128 valence electrons. The Hall–Kier alpha value is -2.44. The van der Waals surface area contributed by atoms with E-state index in [0.29, 0.717) is 30.2 Å². The summed E-state index contributed by atoms with van der Waals surface area (Å²) in [5.74, 6) is 0.971. The minimum Gasteiger partial charge on any atom is -0.497 e. The molecule has 0 aliphatic rings. The largest absolute Gasteiger partial charge is 0.497 e. The van der Waals surface area contributed by atoms with Gasteiger partial charge in [-0.25, -0.2) is 4.79 Å². The quantitative estimate of drug-likeness (QED) is 0.538. The third-order valence-corrected chi connectivity index (χ3v) is 3.23. The number of rotatable bonds is 9. The van der Waals surface area contributed by atoms with Crippen molar-refractivity contribution in [3.8, 4) is 11.5 Å². The summed E-state index contributed by atoms with van der Waals surface area (Å²) in [6, 6.07) is 4.85. The van der Waals surface area contributed by atoms with Crippen LogP contribution in [0.5, 0.6) is 11.5 Å². The van der Waals surface area contributed by atoms with Crippen molar-refractivity contribution in [2.24, 2.45) is 0 Å². The molecular weight excluding hydrogens is 300 g/mol. The Bertz CT molecular complexity index is 519. The molecule has 0 bridgehead atoms. The highest BCUT2D eigenvalue weighted by molar-refractivity contribution is 5.91. The molecule has 0 unspecified atom stereocenters. The van der Waals surface area contributed by atoms with E-state index >= 15 is 0 Å². The smallest absolute Gasteiger partial charge is 0.319 e. The summed E-state index contributed by atoms with van der Waals surface area (Å²) in [5, 5.41) is 5.49. The number of carbonyl (C=O) groups excluding carboxylic acids is 2. The normalized spacial score (nSPS) is 9.87. The van der Waals surface area contributed by atoms with Gasteiger partial charge in [-0.2, -0.15) is 0 Å². The third-order valence-electron chi connectivity index (χ3n) is 3.23. The van der Waals surface area contributed by atoms with Gasteiger partial charge in [0.25, 0.3) is 0 Å². The molecule has 1 rings (SSSR count). The van der Waals surface area contributed by atoms with Crippen LogP contribution in [-0.4, -0.2) is 39.9 Å². The molecule has 1 aromatic rings. The van der Waals surface area contributed by atoms with Gasteiger partial charge in [-0.15, -0.1) is 0 Å². The summed E-state index contributed by atoms with van der Waals surface area (Å²) >= 11 is 0. The zero-order chi connectivity index (χ0) is 17.1. The molecule has 2 N–H and O–H groups in total. The predicted molar refractivity (Wildman–Crippen MR) is 87.1 cm³/mol. The molecule has 1 aromatic carbocycles. The fourth-order valence-electron chi connectivity index (χ4n) is 1.94. The molecule has 0 aliphatic carbocycles. The second-order valence-electron chi connectivity index (χ2n) is 4.83. The number of anilines is 1. The Morgan fingerprint density at radius 1 is 1.04 bits per heavy atom. The lowest BCUT2D eigenvalue weighted by Crippen LogP contribution is -2.29. The molecular formula is C16H24N2O5. The van der Waals surface area contributed by atoms with Gasteiger partial charge in [-0.1, -0.05) is 6.42 Å². The number of amides is 2. The molecule has 0 atom stereocenters. The van der Waals surface area contributed by atoms with Crippen molar-refractivity contribution in [2.45, 2.75) is 25.7 Å². The van der Waals surface area contributed by atoms with E-state index in [1.807, 2.05) is 0 Å². The van der Waals surface area contributed by atoms with Gasteiger partial charge < -0.3 is 24.8 Å². The van der Waals surface area contributed by atoms with Crippen LogP contribution in [0.2, 0.25) is 0 Å². The highest BCUT2D eigenvalue weighted by atomic mass is 16.5. The monoisotopic (exact) mass is 324 g/mol. The highest BCUT2D eigenvalue weighted by Crippen LogP contribution is 2.28. The predicted octanol–water partition coefficient (Wildman–Crippen LogP) is 2.56. The van der Waals surface area contributed by atoms with E-state index in [-0.39, 0.29) is 12.0 Å². The van der Waals surface area contributed by atoms with Gasteiger partial charge in [0.1, 0.15) is 11.5 Å². The Morgan fingerprint density at radius 2 is 1.83 bits per heavy atom. The number of methoxy groups -OCH3 is 3. The number of unbranched alkanes of at least 4 members (excludes halogenated alkanes) is 2. The van der Waals surface area contributed by atoms with Crippen LogP contribution in [0.1, 0.15) is 25.7 Å². The minimum absolute atomic E-state index is 0.206. The summed E-state index contributed by atoms with van der Waals surface area (Å²) in [7, 11) is 4.47. The van der Waals surface area contributed by atoms with E-state index < -0.39 is 0 Å². The molecule has 0 saturated carbocycles. The van der Waals surface area contributed by atoms with Crippen LogP contribution >= 0.6 is 0 Å². The second kappa shape index (κ2) is 10.3. The molecule has 0 fully saturated rings. The summed E-state index contributed by atoms with van der Waals surface area (Å²) < 4.78 is 14.9. The zero-order valence-corrected chi connectivity index (χ0v) is 13.8. The second-order valence-corrected chi connectivity index (χ2v) is 4.83. The number of hydrogen-bond acceptors (Lipinski definition) is 5. The average molecular weight is 324 g/mol. The molecule has 23 heavy (non-hydrogen) atoms. The van der Waals surface area contributed by atoms with Gasteiger partial charge >= 0.3 is 12.0 Å². The summed E-state index contributed by atoms with van der Waals surface area (Å²) in [5.41, 5.74) is 0.566. The first-order chi connectivity index (χ1) is 11.1. The standard InChI is InChI=1S/C16H24N2O5/c1-21-12-8-9-13(14(11-12)22-2)18-16(20)17-10-6-4-5-7-15(19)23-3/h8-9,11H,4-7,10H2,1-3H3,(H2,17,18,20). The fraction of sp³-hybridized carbons (Fsp3) is 0.500. The summed E-state index contributed by atoms with van der Waals surface area (Å²) in [6.07, 6.45) is 2.80. The molecule has 7 heteroatoms. The van der Waals surface area contributed by atoms with Crippen LogP contribution in [0, 0.1) is 0 Å². The SMILES string of the molecule is COC(=O)CCCCCNC(=O)Nc1ccc(OC)cc1OC. The number of esters is 1. The van der Waals surface area contributed by atoms with Gasteiger partial charge in [0, 0.05) is 19.0 Å².